The van der Waals surface area contributed by atoms with Crippen LogP contribution in [0.2, 0.25) is 0 Å². The largest absolute Gasteiger partial charge is 0.472 e. The van der Waals surface area contributed by atoms with Gasteiger partial charge in [-0.1, -0.05) is 0 Å². The lowest BCUT2D eigenvalue weighted by atomic mass is 10.2. The SMILES string of the molecule is Cc1cn([C@@H]2C[C@@H]3OP(=O)(O)OC[C@H]3O2)c(=O)[nH]c1=O. The number of aromatic amines is 1. The van der Waals surface area contributed by atoms with Crippen LogP contribution in [0.4, 0.5) is 0 Å². The molecule has 2 fully saturated rings. The van der Waals surface area contributed by atoms with Crippen LogP contribution in [-0.4, -0.2) is 33.3 Å². The summed E-state index contributed by atoms with van der Waals surface area (Å²) >= 11 is 0. The fraction of sp³-hybridized carbons (Fsp3) is 0.600. The molecule has 0 aliphatic carbocycles. The Balaban J connectivity index is 1.88. The second-order valence-corrected chi connectivity index (χ2v) is 6.16. The van der Waals surface area contributed by atoms with E-state index in [0.29, 0.717) is 5.56 Å². The van der Waals surface area contributed by atoms with Gasteiger partial charge >= 0.3 is 13.5 Å². The second-order valence-electron chi connectivity index (χ2n) is 4.75. The number of fused-ring (bicyclic) bond motifs is 1. The number of H-pyrrole nitrogens is 1. The molecule has 1 aromatic rings. The van der Waals surface area contributed by atoms with Crippen LogP contribution in [0, 0.1) is 6.92 Å². The first-order valence-corrected chi connectivity index (χ1v) is 7.48. The van der Waals surface area contributed by atoms with E-state index in [9.17, 15) is 19.0 Å². The third-order valence-electron chi connectivity index (χ3n) is 3.31. The van der Waals surface area contributed by atoms with E-state index in [1.807, 2.05) is 0 Å². The first kappa shape index (κ1) is 13.7. The predicted octanol–water partition coefficient (Wildman–Crippen LogP) is -0.352. The third kappa shape index (κ3) is 2.38. The maximum absolute atomic E-state index is 11.8. The van der Waals surface area contributed by atoms with Crippen LogP contribution < -0.4 is 11.2 Å². The number of hydrogen-bond acceptors (Lipinski definition) is 6. The zero-order chi connectivity index (χ0) is 14.5. The van der Waals surface area contributed by atoms with E-state index in [1.54, 1.807) is 6.92 Å². The number of nitrogens with one attached hydrogen (secondary N) is 1. The van der Waals surface area contributed by atoms with Gasteiger partial charge in [-0.15, -0.1) is 0 Å². The van der Waals surface area contributed by atoms with Crippen LogP contribution in [-0.2, 0) is 18.3 Å². The van der Waals surface area contributed by atoms with Crippen molar-refractivity contribution in [2.24, 2.45) is 0 Å². The molecule has 9 nitrogen and oxygen atoms in total. The van der Waals surface area contributed by atoms with Crippen molar-refractivity contribution < 1.29 is 23.2 Å². The summed E-state index contributed by atoms with van der Waals surface area (Å²) in [6, 6.07) is 0. The Hall–Kier alpha value is -1.25. The van der Waals surface area contributed by atoms with E-state index in [-0.39, 0.29) is 13.0 Å². The Bertz CT molecular complexity index is 696. The van der Waals surface area contributed by atoms with Gasteiger partial charge in [0.25, 0.3) is 5.56 Å². The van der Waals surface area contributed by atoms with Crippen LogP contribution in [0.3, 0.4) is 0 Å². The average molecular weight is 304 g/mol. The van der Waals surface area contributed by atoms with Crippen molar-refractivity contribution in [1.82, 2.24) is 9.55 Å². The van der Waals surface area contributed by atoms with Crippen molar-refractivity contribution in [2.45, 2.75) is 31.8 Å². The fourth-order valence-electron chi connectivity index (χ4n) is 2.30. The van der Waals surface area contributed by atoms with Gasteiger partial charge in [0.15, 0.2) is 0 Å². The summed E-state index contributed by atoms with van der Waals surface area (Å²) in [6.07, 6.45) is -0.196. The molecule has 0 saturated carbocycles. The molecular formula is C10H13N2O7P. The maximum Gasteiger partial charge on any atom is 0.472 e. The first-order valence-electron chi connectivity index (χ1n) is 5.99. The summed E-state index contributed by atoms with van der Waals surface area (Å²) in [6.45, 7) is 1.49. The molecule has 1 aromatic heterocycles. The Morgan fingerprint density at radius 2 is 2.20 bits per heavy atom. The lowest BCUT2D eigenvalue weighted by Crippen LogP contribution is -2.34. The van der Waals surface area contributed by atoms with Gasteiger partial charge in [-0.3, -0.25) is 23.4 Å². The minimum absolute atomic E-state index is 0.0774. The molecule has 20 heavy (non-hydrogen) atoms. The van der Waals surface area contributed by atoms with Crippen molar-refractivity contribution in [2.75, 3.05) is 6.61 Å². The zero-order valence-electron chi connectivity index (χ0n) is 10.5. The second kappa shape index (κ2) is 4.64. The highest BCUT2D eigenvalue weighted by molar-refractivity contribution is 7.47. The minimum atomic E-state index is -4.03. The van der Waals surface area contributed by atoms with Crippen molar-refractivity contribution >= 4 is 7.82 Å². The van der Waals surface area contributed by atoms with E-state index in [0.717, 1.165) is 0 Å². The normalized spacial score (nSPS) is 36.8. The van der Waals surface area contributed by atoms with E-state index in [1.165, 1.54) is 10.8 Å². The molecule has 4 atom stereocenters. The first-order chi connectivity index (χ1) is 9.35. The molecule has 2 aliphatic heterocycles. The Morgan fingerprint density at radius 3 is 2.95 bits per heavy atom. The van der Waals surface area contributed by atoms with E-state index in [2.05, 4.69) is 9.51 Å². The fourth-order valence-corrected chi connectivity index (χ4v) is 3.26. The standard InChI is InChI=1S/C10H13N2O7P/c1-5-3-12(10(14)11-9(5)13)8-2-6-7(18-8)4-17-20(15,16)19-6/h3,6-8H,2,4H2,1H3,(H,15,16)(H,11,13,14)/t6-,7+,8-/m0/s1. The van der Waals surface area contributed by atoms with Crippen molar-refractivity contribution in [1.29, 1.82) is 0 Å². The average Bonchev–Trinajstić information content (AvgIpc) is 2.74. The Morgan fingerprint density at radius 1 is 1.45 bits per heavy atom. The molecule has 0 radical (unpaired) electrons. The summed E-state index contributed by atoms with van der Waals surface area (Å²) in [4.78, 5) is 34.5. The number of phosphoric acid groups is 1. The van der Waals surface area contributed by atoms with Crippen LogP contribution in [0.5, 0.6) is 0 Å². The van der Waals surface area contributed by atoms with Gasteiger partial charge in [-0.25, -0.2) is 9.36 Å². The molecule has 10 heteroatoms. The summed E-state index contributed by atoms with van der Waals surface area (Å²) in [5.41, 5.74) is -0.688. The van der Waals surface area contributed by atoms with Gasteiger partial charge in [0, 0.05) is 18.2 Å². The number of aromatic nitrogens is 2. The van der Waals surface area contributed by atoms with E-state index < -0.39 is 37.5 Å². The highest BCUT2D eigenvalue weighted by Crippen LogP contribution is 2.52. The molecule has 0 aromatic carbocycles. The number of rotatable bonds is 1. The van der Waals surface area contributed by atoms with Crippen molar-refractivity contribution in [3.8, 4) is 0 Å². The van der Waals surface area contributed by atoms with Gasteiger partial charge in [0.2, 0.25) is 0 Å². The number of ether oxygens (including phenoxy) is 1. The lowest BCUT2D eigenvalue weighted by molar-refractivity contribution is -0.0680. The molecule has 3 rings (SSSR count). The molecule has 2 saturated heterocycles. The van der Waals surface area contributed by atoms with Crippen molar-refractivity contribution in [3.05, 3.63) is 32.6 Å². The number of nitrogens with zero attached hydrogens (tertiary/aromatic N) is 1. The van der Waals surface area contributed by atoms with Gasteiger partial charge in [-0.05, 0) is 6.92 Å². The third-order valence-corrected chi connectivity index (χ3v) is 4.32. The quantitative estimate of drug-likeness (QED) is 0.680. The number of aryl methyl sites for hydroxylation is 1. The van der Waals surface area contributed by atoms with E-state index >= 15 is 0 Å². The number of hydrogen-bond donors (Lipinski definition) is 2. The Kier molecular flexibility index (Phi) is 3.19. The van der Waals surface area contributed by atoms with Gasteiger partial charge < -0.3 is 9.63 Å². The molecule has 0 spiro atoms. The highest BCUT2D eigenvalue weighted by atomic mass is 31.2. The molecule has 2 N–H and O–H groups in total. The van der Waals surface area contributed by atoms with Crippen LogP contribution in [0.15, 0.2) is 15.8 Å². The molecular weight excluding hydrogens is 291 g/mol. The predicted molar refractivity (Wildman–Crippen MR) is 65.2 cm³/mol. The van der Waals surface area contributed by atoms with Crippen molar-refractivity contribution in [3.63, 3.8) is 0 Å². The molecule has 3 heterocycles. The topological polar surface area (TPSA) is 120 Å². The lowest BCUT2D eigenvalue weighted by Gasteiger charge is -2.26. The van der Waals surface area contributed by atoms with Crippen LogP contribution >= 0.6 is 7.82 Å². The van der Waals surface area contributed by atoms with Gasteiger partial charge in [0.05, 0.1) is 6.61 Å². The maximum atomic E-state index is 11.8. The highest BCUT2D eigenvalue weighted by Gasteiger charge is 2.46. The summed E-state index contributed by atoms with van der Waals surface area (Å²) < 4.78 is 27.7. The van der Waals surface area contributed by atoms with E-state index in [4.69, 9.17) is 9.26 Å². The molecule has 0 bridgehead atoms. The Labute approximate surface area is 112 Å². The monoisotopic (exact) mass is 304 g/mol. The molecule has 0 amide bonds. The smallest absolute Gasteiger partial charge is 0.349 e. The molecule has 2 aliphatic rings. The van der Waals surface area contributed by atoms with Crippen LogP contribution in [0.1, 0.15) is 18.2 Å². The molecule has 110 valence electrons. The molecule has 1 unspecified atom stereocenters. The van der Waals surface area contributed by atoms with Gasteiger partial charge in [0.1, 0.15) is 18.4 Å². The zero-order valence-corrected chi connectivity index (χ0v) is 11.4. The van der Waals surface area contributed by atoms with Gasteiger partial charge in [-0.2, -0.15) is 0 Å². The minimum Gasteiger partial charge on any atom is -0.349 e. The summed E-state index contributed by atoms with van der Waals surface area (Å²) in [5, 5.41) is 0. The summed E-state index contributed by atoms with van der Waals surface area (Å²) in [7, 11) is -4.03. The summed E-state index contributed by atoms with van der Waals surface area (Å²) in [5.74, 6) is 0. The van der Waals surface area contributed by atoms with Crippen LogP contribution in [0.25, 0.3) is 0 Å². The number of phosphoric ester groups is 1.